The summed E-state index contributed by atoms with van der Waals surface area (Å²) in [6.45, 7) is 2.47. The normalized spacial score (nSPS) is 13.6. The second kappa shape index (κ2) is 6.88. The van der Waals surface area contributed by atoms with E-state index in [2.05, 4.69) is 6.92 Å². The van der Waals surface area contributed by atoms with E-state index in [1.54, 1.807) is 30.3 Å². The zero-order valence-electron chi connectivity index (χ0n) is 14.4. The van der Waals surface area contributed by atoms with Gasteiger partial charge >= 0.3 is 5.97 Å². The predicted octanol–water partition coefficient (Wildman–Crippen LogP) is 3.18. The summed E-state index contributed by atoms with van der Waals surface area (Å²) in [7, 11) is -2.28. The molecule has 2 aromatic rings. The van der Waals surface area contributed by atoms with Crippen molar-refractivity contribution >= 4 is 21.7 Å². The molecule has 3 rings (SSSR count). The second-order valence-corrected chi connectivity index (χ2v) is 7.92. The van der Waals surface area contributed by atoms with Crippen LogP contribution in [0.25, 0.3) is 0 Å². The summed E-state index contributed by atoms with van der Waals surface area (Å²) in [6.07, 6.45) is 2.53. The zero-order valence-corrected chi connectivity index (χ0v) is 15.2. The van der Waals surface area contributed by atoms with Crippen LogP contribution in [-0.2, 0) is 27.6 Å². The van der Waals surface area contributed by atoms with Crippen LogP contribution < -0.4 is 4.31 Å². The maximum absolute atomic E-state index is 13.0. The van der Waals surface area contributed by atoms with Crippen LogP contribution in [0.4, 0.5) is 5.69 Å². The molecular formula is C19H21NO4S. The van der Waals surface area contributed by atoms with Gasteiger partial charge in [-0.2, -0.15) is 0 Å². The van der Waals surface area contributed by atoms with E-state index in [1.807, 2.05) is 12.1 Å². The first-order valence-electron chi connectivity index (χ1n) is 8.30. The molecule has 0 saturated carbocycles. The summed E-state index contributed by atoms with van der Waals surface area (Å²) < 4.78 is 32.1. The Morgan fingerprint density at radius 3 is 2.52 bits per heavy atom. The lowest BCUT2D eigenvalue weighted by Gasteiger charge is -2.20. The average molecular weight is 359 g/mol. The fourth-order valence-electron chi connectivity index (χ4n) is 3.11. The molecule has 0 unspecified atom stereocenters. The van der Waals surface area contributed by atoms with E-state index < -0.39 is 16.0 Å². The van der Waals surface area contributed by atoms with Crippen molar-refractivity contribution in [3.8, 4) is 0 Å². The van der Waals surface area contributed by atoms with Crippen LogP contribution in [-0.4, -0.2) is 28.0 Å². The Bertz CT molecular complexity index is 888. The molecule has 0 bridgehead atoms. The number of ether oxygens (including phenoxy) is 1. The SMILES string of the molecule is CCCc1ccc(S(=O)(=O)N2CCc3cc(C(=O)OC)ccc32)cc1. The largest absolute Gasteiger partial charge is 0.465 e. The minimum absolute atomic E-state index is 0.289. The lowest BCUT2D eigenvalue weighted by Crippen LogP contribution is -2.29. The van der Waals surface area contributed by atoms with Gasteiger partial charge in [0.05, 0.1) is 23.3 Å². The molecule has 2 aromatic carbocycles. The lowest BCUT2D eigenvalue weighted by molar-refractivity contribution is 0.0600. The molecular weight excluding hydrogens is 338 g/mol. The van der Waals surface area contributed by atoms with E-state index in [1.165, 1.54) is 11.4 Å². The maximum Gasteiger partial charge on any atom is 0.337 e. The van der Waals surface area contributed by atoms with Gasteiger partial charge in [-0.1, -0.05) is 25.5 Å². The fraction of sp³-hybridized carbons (Fsp3) is 0.316. The summed E-state index contributed by atoms with van der Waals surface area (Å²) >= 11 is 0. The third-order valence-electron chi connectivity index (χ3n) is 4.40. The lowest BCUT2D eigenvalue weighted by atomic mass is 10.1. The van der Waals surface area contributed by atoms with Gasteiger partial charge in [-0.3, -0.25) is 4.31 Å². The minimum Gasteiger partial charge on any atom is -0.465 e. The van der Waals surface area contributed by atoms with Crippen molar-refractivity contribution in [1.82, 2.24) is 0 Å². The molecule has 5 nitrogen and oxygen atoms in total. The molecule has 0 aliphatic carbocycles. The van der Waals surface area contributed by atoms with Gasteiger partial charge in [-0.25, -0.2) is 13.2 Å². The van der Waals surface area contributed by atoms with Crippen LogP contribution >= 0.6 is 0 Å². The van der Waals surface area contributed by atoms with Gasteiger partial charge < -0.3 is 4.74 Å². The molecule has 1 aliphatic rings. The molecule has 0 spiro atoms. The van der Waals surface area contributed by atoms with Crippen molar-refractivity contribution in [2.24, 2.45) is 0 Å². The van der Waals surface area contributed by atoms with Crippen LogP contribution in [0.2, 0.25) is 0 Å². The highest BCUT2D eigenvalue weighted by atomic mass is 32.2. The van der Waals surface area contributed by atoms with Gasteiger partial charge in [-0.05, 0) is 54.3 Å². The van der Waals surface area contributed by atoms with Crippen LogP contribution in [0.3, 0.4) is 0 Å². The zero-order chi connectivity index (χ0) is 18.0. The molecule has 0 amide bonds. The Labute approximate surface area is 148 Å². The molecule has 1 heterocycles. The maximum atomic E-state index is 13.0. The van der Waals surface area contributed by atoms with E-state index in [0.717, 1.165) is 24.0 Å². The first kappa shape index (κ1) is 17.5. The van der Waals surface area contributed by atoms with Crippen LogP contribution in [0.5, 0.6) is 0 Å². The third-order valence-corrected chi connectivity index (χ3v) is 6.23. The first-order chi connectivity index (χ1) is 12.0. The Hall–Kier alpha value is -2.34. The number of sulfonamides is 1. The quantitative estimate of drug-likeness (QED) is 0.769. The molecule has 132 valence electrons. The highest BCUT2D eigenvalue weighted by molar-refractivity contribution is 7.92. The first-order valence-corrected chi connectivity index (χ1v) is 9.74. The summed E-state index contributed by atoms with van der Waals surface area (Å²) in [6, 6.07) is 12.1. The second-order valence-electron chi connectivity index (χ2n) is 6.06. The van der Waals surface area contributed by atoms with Crippen LogP contribution in [0.15, 0.2) is 47.4 Å². The monoisotopic (exact) mass is 359 g/mol. The molecule has 6 heteroatoms. The molecule has 0 N–H and O–H groups in total. The molecule has 25 heavy (non-hydrogen) atoms. The summed E-state index contributed by atoms with van der Waals surface area (Å²) in [5.41, 5.74) is 3.04. The Balaban J connectivity index is 1.92. The van der Waals surface area contributed by atoms with Crippen LogP contribution in [0.1, 0.15) is 34.8 Å². The Kier molecular flexibility index (Phi) is 4.81. The Morgan fingerprint density at radius 2 is 1.88 bits per heavy atom. The number of benzene rings is 2. The third kappa shape index (κ3) is 3.26. The molecule has 0 atom stereocenters. The standard InChI is InChI=1S/C19H21NO4S/c1-3-4-14-5-8-17(9-6-14)25(22,23)20-12-11-15-13-16(19(21)24-2)7-10-18(15)20/h5-10,13H,3-4,11-12H2,1-2H3. The van der Waals surface area contributed by atoms with E-state index in [0.29, 0.717) is 24.2 Å². The van der Waals surface area contributed by atoms with Crippen molar-refractivity contribution in [2.75, 3.05) is 18.0 Å². The summed E-state index contributed by atoms with van der Waals surface area (Å²) in [5.74, 6) is -0.421. The highest BCUT2D eigenvalue weighted by Crippen LogP contribution is 2.33. The number of fused-ring (bicyclic) bond motifs is 1. The van der Waals surface area contributed by atoms with E-state index in [4.69, 9.17) is 4.74 Å². The van der Waals surface area contributed by atoms with Crippen molar-refractivity contribution in [1.29, 1.82) is 0 Å². The minimum atomic E-state index is -3.61. The van der Waals surface area contributed by atoms with E-state index >= 15 is 0 Å². The van der Waals surface area contributed by atoms with Crippen molar-refractivity contribution in [3.63, 3.8) is 0 Å². The number of rotatable bonds is 5. The van der Waals surface area contributed by atoms with Gasteiger partial charge in [0.1, 0.15) is 0 Å². The summed E-state index contributed by atoms with van der Waals surface area (Å²) in [5, 5.41) is 0. The number of esters is 1. The van der Waals surface area contributed by atoms with Crippen molar-refractivity contribution in [2.45, 2.75) is 31.1 Å². The van der Waals surface area contributed by atoms with Gasteiger partial charge in [0.25, 0.3) is 10.0 Å². The van der Waals surface area contributed by atoms with E-state index in [9.17, 15) is 13.2 Å². The molecule has 0 aromatic heterocycles. The summed E-state index contributed by atoms with van der Waals surface area (Å²) in [4.78, 5) is 11.9. The van der Waals surface area contributed by atoms with Crippen molar-refractivity contribution in [3.05, 3.63) is 59.2 Å². The van der Waals surface area contributed by atoms with Gasteiger partial charge in [0, 0.05) is 6.54 Å². The molecule has 0 saturated heterocycles. The van der Waals surface area contributed by atoms with E-state index in [-0.39, 0.29) is 4.90 Å². The van der Waals surface area contributed by atoms with Gasteiger partial charge in [-0.15, -0.1) is 0 Å². The molecule has 0 radical (unpaired) electrons. The number of methoxy groups -OCH3 is 1. The highest BCUT2D eigenvalue weighted by Gasteiger charge is 2.31. The predicted molar refractivity (Wildman–Crippen MR) is 96.5 cm³/mol. The topological polar surface area (TPSA) is 63.7 Å². The Morgan fingerprint density at radius 1 is 1.16 bits per heavy atom. The van der Waals surface area contributed by atoms with Crippen molar-refractivity contribution < 1.29 is 17.9 Å². The number of hydrogen-bond donors (Lipinski definition) is 0. The number of carbonyl (C=O) groups is 1. The van der Waals surface area contributed by atoms with Gasteiger partial charge in [0.2, 0.25) is 0 Å². The number of anilines is 1. The molecule has 0 fully saturated rings. The smallest absolute Gasteiger partial charge is 0.337 e. The number of aryl methyl sites for hydroxylation is 1. The average Bonchev–Trinajstić information content (AvgIpc) is 3.05. The van der Waals surface area contributed by atoms with Crippen LogP contribution in [0, 0.1) is 0 Å². The number of nitrogens with zero attached hydrogens (tertiary/aromatic N) is 1. The number of hydrogen-bond acceptors (Lipinski definition) is 4. The molecule has 1 aliphatic heterocycles. The fourth-order valence-corrected chi connectivity index (χ4v) is 4.61. The number of carbonyl (C=O) groups excluding carboxylic acids is 1. The van der Waals surface area contributed by atoms with Gasteiger partial charge in [0.15, 0.2) is 0 Å².